The van der Waals surface area contributed by atoms with E-state index in [1.54, 1.807) is 25.4 Å². The summed E-state index contributed by atoms with van der Waals surface area (Å²) < 4.78 is 0. The summed E-state index contributed by atoms with van der Waals surface area (Å²) in [6.07, 6.45) is 4.78. The fourth-order valence-corrected chi connectivity index (χ4v) is 0.908. The molecule has 1 N–H and O–H groups in total. The number of nitrogens with zero attached hydrogens (tertiary/aromatic N) is 1. The van der Waals surface area contributed by atoms with Gasteiger partial charge in [-0.05, 0) is 11.6 Å². The van der Waals surface area contributed by atoms with Gasteiger partial charge in [-0.15, -0.1) is 0 Å². The summed E-state index contributed by atoms with van der Waals surface area (Å²) in [5.74, 6) is -0.141. The molecule has 0 spiro atoms. The number of hydrogen-bond acceptors (Lipinski definition) is 2. The van der Waals surface area contributed by atoms with E-state index in [2.05, 4.69) is 16.9 Å². The van der Waals surface area contributed by atoms with E-state index in [9.17, 15) is 4.79 Å². The maximum absolute atomic E-state index is 11.2. The largest absolute Gasteiger partial charge is 0.355 e. The quantitative estimate of drug-likeness (QED) is 0.707. The van der Waals surface area contributed by atoms with E-state index in [4.69, 9.17) is 0 Å². The molecule has 0 aliphatic heterocycles. The number of hydrogen-bond donors (Lipinski definition) is 1. The molecule has 1 heterocycles. The number of pyridine rings is 1. The van der Waals surface area contributed by atoms with Crippen molar-refractivity contribution in [2.45, 2.75) is 0 Å². The Balaban J connectivity index is 3.13. The summed E-state index contributed by atoms with van der Waals surface area (Å²) in [5, 5.41) is 2.53. The van der Waals surface area contributed by atoms with Crippen LogP contribution in [0.4, 0.5) is 0 Å². The molecular weight excluding hydrogens is 152 g/mol. The molecule has 0 saturated carbocycles. The van der Waals surface area contributed by atoms with Crippen LogP contribution in [0.1, 0.15) is 15.9 Å². The fourth-order valence-electron chi connectivity index (χ4n) is 0.908. The number of aromatic nitrogens is 1. The van der Waals surface area contributed by atoms with Gasteiger partial charge in [0.05, 0.1) is 5.56 Å². The summed E-state index contributed by atoms with van der Waals surface area (Å²) >= 11 is 0. The van der Waals surface area contributed by atoms with Gasteiger partial charge in [0.15, 0.2) is 0 Å². The Hall–Kier alpha value is -1.64. The zero-order valence-electron chi connectivity index (χ0n) is 6.87. The topological polar surface area (TPSA) is 42.0 Å². The van der Waals surface area contributed by atoms with E-state index in [1.165, 1.54) is 6.20 Å². The number of nitrogens with one attached hydrogen (secondary N) is 1. The Kier molecular flexibility index (Phi) is 2.58. The molecule has 1 aromatic rings. The van der Waals surface area contributed by atoms with E-state index < -0.39 is 0 Å². The van der Waals surface area contributed by atoms with E-state index in [-0.39, 0.29) is 5.91 Å². The van der Waals surface area contributed by atoms with E-state index >= 15 is 0 Å². The first-order valence-electron chi connectivity index (χ1n) is 3.58. The van der Waals surface area contributed by atoms with Crippen molar-refractivity contribution >= 4 is 12.0 Å². The summed E-state index contributed by atoms with van der Waals surface area (Å²) in [4.78, 5) is 15.0. The van der Waals surface area contributed by atoms with Gasteiger partial charge in [-0.25, -0.2) is 0 Å². The third-order valence-electron chi connectivity index (χ3n) is 1.55. The van der Waals surface area contributed by atoms with Crippen molar-refractivity contribution in [2.75, 3.05) is 7.05 Å². The second-order valence-electron chi connectivity index (χ2n) is 2.25. The van der Waals surface area contributed by atoms with Crippen LogP contribution in [-0.2, 0) is 0 Å². The molecule has 3 heteroatoms. The number of rotatable bonds is 2. The second kappa shape index (κ2) is 3.67. The molecule has 62 valence electrons. The fraction of sp³-hybridized carbons (Fsp3) is 0.111. The maximum Gasteiger partial charge on any atom is 0.253 e. The predicted molar refractivity (Wildman–Crippen MR) is 47.7 cm³/mol. The molecule has 0 fully saturated rings. The van der Waals surface area contributed by atoms with E-state index in [0.717, 1.165) is 5.56 Å². The minimum Gasteiger partial charge on any atom is -0.355 e. The lowest BCUT2D eigenvalue weighted by atomic mass is 10.1. The third kappa shape index (κ3) is 1.50. The molecule has 0 radical (unpaired) electrons. The SMILES string of the molecule is C=Cc1ccncc1C(=O)NC. The molecular formula is C9H10N2O. The molecule has 1 rings (SSSR count). The van der Waals surface area contributed by atoms with Crippen molar-refractivity contribution < 1.29 is 4.79 Å². The Morgan fingerprint density at radius 1 is 1.75 bits per heavy atom. The highest BCUT2D eigenvalue weighted by molar-refractivity contribution is 5.97. The Labute approximate surface area is 71.1 Å². The Morgan fingerprint density at radius 2 is 2.50 bits per heavy atom. The van der Waals surface area contributed by atoms with Gasteiger partial charge in [0.1, 0.15) is 0 Å². The van der Waals surface area contributed by atoms with Crippen LogP contribution in [0.15, 0.2) is 25.0 Å². The van der Waals surface area contributed by atoms with Gasteiger partial charge >= 0.3 is 0 Å². The minimum atomic E-state index is -0.141. The predicted octanol–water partition coefficient (Wildman–Crippen LogP) is 1.08. The van der Waals surface area contributed by atoms with Gasteiger partial charge in [0.2, 0.25) is 0 Å². The van der Waals surface area contributed by atoms with Crippen LogP contribution in [0.25, 0.3) is 6.08 Å². The lowest BCUT2D eigenvalue weighted by Gasteiger charge is -2.01. The first kappa shape index (κ1) is 8.46. The molecule has 12 heavy (non-hydrogen) atoms. The molecule has 1 amide bonds. The normalized spacial score (nSPS) is 9.08. The van der Waals surface area contributed by atoms with Crippen molar-refractivity contribution in [1.29, 1.82) is 0 Å². The highest BCUT2D eigenvalue weighted by atomic mass is 16.1. The van der Waals surface area contributed by atoms with Crippen LogP contribution in [-0.4, -0.2) is 17.9 Å². The Bertz CT molecular complexity index is 307. The zero-order chi connectivity index (χ0) is 8.97. The highest BCUT2D eigenvalue weighted by Crippen LogP contribution is 2.07. The van der Waals surface area contributed by atoms with Crippen LogP contribution in [0.3, 0.4) is 0 Å². The molecule has 0 aliphatic carbocycles. The molecule has 0 saturated heterocycles. The van der Waals surface area contributed by atoms with Crippen molar-refractivity contribution in [2.24, 2.45) is 0 Å². The van der Waals surface area contributed by atoms with Gasteiger partial charge in [0.25, 0.3) is 5.91 Å². The van der Waals surface area contributed by atoms with Crippen LogP contribution in [0.5, 0.6) is 0 Å². The first-order valence-corrected chi connectivity index (χ1v) is 3.58. The average Bonchev–Trinajstić information content (AvgIpc) is 2.16. The second-order valence-corrected chi connectivity index (χ2v) is 2.25. The molecule has 0 unspecified atom stereocenters. The average molecular weight is 162 g/mol. The molecule has 3 nitrogen and oxygen atoms in total. The van der Waals surface area contributed by atoms with E-state index in [1.807, 2.05) is 0 Å². The number of amides is 1. The van der Waals surface area contributed by atoms with Crippen LogP contribution in [0, 0.1) is 0 Å². The highest BCUT2D eigenvalue weighted by Gasteiger charge is 2.05. The summed E-state index contributed by atoms with van der Waals surface area (Å²) in [5.41, 5.74) is 1.35. The third-order valence-corrected chi connectivity index (χ3v) is 1.55. The van der Waals surface area contributed by atoms with Gasteiger partial charge in [-0.1, -0.05) is 12.7 Å². The standard InChI is InChI=1S/C9H10N2O/c1-3-7-4-5-11-6-8(7)9(12)10-2/h3-6H,1H2,2H3,(H,10,12). The van der Waals surface area contributed by atoms with Gasteiger partial charge in [-0.2, -0.15) is 0 Å². The molecule has 1 aromatic heterocycles. The lowest BCUT2D eigenvalue weighted by Crippen LogP contribution is -2.18. The van der Waals surface area contributed by atoms with Gasteiger partial charge in [0, 0.05) is 19.4 Å². The van der Waals surface area contributed by atoms with E-state index in [0.29, 0.717) is 5.56 Å². The summed E-state index contributed by atoms with van der Waals surface area (Å²) in [6, 6.07) is 1.75. The van der Waals surface area contributed by atoms with Crippen molar-refractivity contribution in [3.63, 3.8) is 0 Å². The summed E-state index contributed by atoms with van der Waals surface area (Å²) in [6.45, 7) is 3.60. The number of carbonyl (C=O) groups excluding carboxylic acids is 1. The Morgan fingerprint density at radius 3 is 3.08 bits per heavy atom. The smallest absolute Gasteiger partial charge is 0.253 e. The van der Waals surface area contributed by atoms with Crippen LogP contribution in [0.2, 0.25) is 0 Å². The van der Waals surface area contributed by atoms with Gasteiger partial charge in [-0.3, -0.25) is 9.78 Å². The molecule has 0 bridgehead atoms. The molecule has 0 atom stereocenters. The van der Waals surface area contributed by atoms with Crippen molar-refractivity contribution in [3.8, 4) is 0 Å². The molecule has 0 aromatic carbocycles. The van der Waals surface area contributed by atoms with Gasteiger partial charge < -0.3 is 5.32 Å². The minimum absolute atomic E-state index is 0.141. The maximum atomic E-state index is 11.2. The van der Waals surface area contributed by atoms with Crippen LogP contribution >= 0.6 is 0 Å². The van der Waals surface area contributed by atoms with Crippen LogP contribution < -0.4 is 5.32 Å². The summed E-state index contributed by atoms with van der Waals surface area (Å²) in [7, 11) is 1.59. The van der Waals surface area contributed by atoms with Crippen molar-refractivity contribution in [3.05, 3.63) is 36.2 Å². The number of carbonyl (C=O) groups is 1. The molecule has 0 aliphatic rings. The monoisotopic (exact) mass is 162 g/mol. The first-order chi connectivity index (χ1) is 5.79. The lowest BCUT2D eigenvalue weighted by molar-refractivity contribution is 0.0962. The zero-order valence-corrected chi connectivity index (χ0v) is 6.87. The van der Waals surface area contributed by atoms with Crippen molar-refractivity contribution in [1.82, 2.24) is 10.3 Å².